The smallest absolute Gasteiger partial charge is 0.101 e. The van der Waals surface area contributed by atoms with Gasteiger partial charge in [-0.1, -0.05) is 258 Å². The Kier molecular flexibility index (Phi) is 38.4. The molecule has 0 saturated carbocycles. The monoisotopic (exact) mass is 715 g/mol. The van der Waals surface area contributed by atoms with Crippen LogP contribution in [0.15, 0.2) is 12.4 Å². The Labute approximate surface area is 324 Å². The maximum absolute atomic E-state index is 2.74. The summed E-state index contributed by atoms with van der Waals surface area (Å²) in [7, 11) is 0. The van der Waals surface area contributed by atoms with Crippen molar-refractivity contribution in [3.8, 4) is 0 Å². The second kappa shape index (κ2) is 40.5. The molecular formula is C49H98N2. The molecule has 0 bridgehead atoms. The molecule has 0 N–H and O–H groups in total. The summed E-state index contributed by atoms with van der Waals surface area (Å²) in [4.78, 5) is 5.47. The summed E-state index contributed by atoms with van der Waals surface area (Å²) in [6, 6.07) is 0. The van der Waals surface area contributed by atoms with E-state index in [-0.39, 0.29) is 0 Å². The van der Waals surface area contributed by atoms with Gasteiger partial charge in [0.1, 0.15) is 6.17 Å². The predicted octanol–water partition coefficient (Wildman–Crippen LogP) is 17.5. The lowest BCUT2D eigenvalue weighted by Gasteiger charge is -2.33. The van der Waals surface area contributed by atoms with Gasteiger partial charge in [0, 0.05) is 25.5 Å². The number of hydrogen-bond donors (Lipinski definition) is 0. The average molecular weight is 715 g/mol. The van der Waals surface area contributed by atoms with Crippen LogP contribution in [-0.4, -0.2) is 29.1 Å². The third-order valence-corrected chi connectivity index (χ3v) is 12.1. The average Bonchev–Trinajstić information content (AvgIpc) is 3.53. The largest absolute Gasteiger partial charge is 0.356 e. The van der Waals surface area contributed by atoms with Crippen LogP contribution in [0.3, 0.4) is 0 Å². The molecule has 0 spiro atoms. The fraction of sp³-hybridized carbons (Fsp3) is 0.959. The highest BCUT2D eigenvalue weighted by atomic mass is 15.4. The van der Waals surface area contributed by atoms with Crippen LogP contribution < -0.4 is 0 Å². The van der Waals surface area contributed by atoms with Crippen LogP contribution >= 0.6 is 0 Å². The molecule has 1 atom stereocenters. The van der Waals surface area contributed by atoms with E-state index in [1.165, 1.54) is 276 Å². The Bertz CT molecular complexity index is 673. The summed E-state index contributed by atoms with van der Waals surface area (Å²) < 4.78 is 0. The summed E-state index contributed by atoms with van der Waals surface area (Å²) in [6.45, 7) is 9.49. The van der Waals surface area contributed by atoms with Gasteiger partial charge in [-0.2, -0.15) is 0 Å². The van der Waals surface area contributed by atoms with E-state index in [2.05, 4.69) is 43.0 Å². The maximum atomic E-state index is 2.74. The van der Waals surface area contributed by atoms with Crippen molar-refractivity contribution in [1.82, 2.24) is 9.80 Å². The van der Waals surface area contributed by atoms with Crippen LogP contribution in [0.4, 0.5) is 0 Å². The van der Waals surface area contributed by atoms with Gasteiger partial charge in [-0.3, -0.25) is 0 Å². The van der Waals surface area contributed by atoms with Gasteiger partial charge >= 0.3 is 0 Å². The standard InChI is InChI=1S/C49H98N2/c1-4-7-10-13-16-19-22-24-26-27-29-31-34-37-40-43-46-51-48-47-50(49(51)44-41-38-35-32-21-18-15-12-9-6-3)45-42-39-36-33-30-28-25-23-20-17-14-11-8-5-2/h47-49H,4-46H2,1-3H3. The van der Waals surface area contributed by atoms with Crippen molar-refractivity contribution in [1.29, 1.82) is 0 Å². The fourth-order valence-electron chi connectivity index (χ4n) is 8.48. The summed E-state index contributed by atoms with van der Waals surface area (Å²) in [5.74, 6) is 0. The Morgan fingerprint density at radius 2 is 0.451 bits per heavy atom. The molecule has 304 valence electrons. The molecule has 0 amide bonds. The van der Waals surface area contributed by atoms with Crippen LogP contribution in [0.1, 0.15) is 284 Å². The van der Waals surface area contributed by atoms with E-state index in [1.807, 2.05) is 0 Å². The molecule has 0 saturated heterocycles. The summed E-state index contributed by atoms with van der Waals surface area (Å²) in [5, 5.41) is 0. The van der Waals surface area contributed by atoms with E-state index in [9.17, 15) is 0 Å². The van der Waals surface area contributed by atoms with Gasteiger partial charge in [0.2, 0.25) is 0 Å². The molecule has 1 aliphatic rings. The van der Waals surface area contributed by atoms with Crippen LogP contribution in [0.5, 0.6) is 0 Å². The van der Waals surface area contributed by atoms with Gasteiger partial charge in [-0.25, -0.2) is 0 Å². The molecule has 0 aromatic carbocycles. The van der Waals surface area contributed by atoms with Gasteiger partial charge in [0.25, 0.3) is 0 Å². The van der Waals surface area contributed by atoms with E-state index in [0.29, 0.717) is 6.17 Å². The second-order valence-corrected chi connectivity index (χ2v) is 17.1. The lowest BCUT2D eigenvalue weighted by Crippen LogP contribution is -2.39. The fourth-order valence-corrected chi connectivity index (χ4v) is 8.48. The zero-order valence-electron chi connectivity index (χ0n) is 36.0. The van der Waals surface area contributed by atoms with E-state index >= 15 is 0 Å². The second-order valence-electron chi connectivity index (χ2n) is 17.1. The van der Waals surface area contributed by atoms with Crippen LogP contribution in [0.2, 0.25) is 0 Å². The van der Waals surface area contributed by atoms with Crippen molar-refractivity contribution in [2.75, 3.05) is 13.1 Å². The normalized spacial score (nSPS) is 14.5. The van der Waals surface area contributed by atoms with Crippen LogP contribution in [0, 0.1) is 0 Å². The third kappa shape index (κ3) is 32.5. The first kappa shape index (κ1) is 48.4. The first-order valence-electron chi connectivity index (χ1n) is 24.5. The minimum absolute atomic E-state index is 0.636. The van der Waals surface area contributed by atoms with E-state index < -0.39 is 0 Å². The molecule has 1 heterocycles. The van der Waals surface area contributed by atoms with Crippen LogP contribution in [0.25, 0.3) is 0 Å². The van der Waals surface area contributed by atoms with Crippen molar-refractivity contribution in [3.05, 3.63) is 12.4 Å². The highest BCUT2D eigenvalue weighted by Crippen LogP contribution is 2.24. The molecule has 0 aliphatic carbocycles. The summed E-state index contributed by atoms with van der Waals surface area (Å²) >= 11 is 0. The zero-order chi connectivity index (χ0) is 36.6. The minimum atomic E-state index is 0.636. The van der Waals surface area contributed by atoms with E-state index in [0.717, 1.165) is 0 Å². The number of rotatable bonds is 43. The molecule has 51 heavy (non-hydrogen) atoms. The number of nitrogens with zero attached hydrogens (tertiary/aromatic N) is 2. The topological polar surface area (TPSA) is 6.48 Å². The lowest BCUT2D eigenvalue weighted by atomic mass is 10.0. The highest BCUT2D eigenvalue weighted by molar-refractivity contribution is 4.97. The first-order chi connectivity index (χ1) is 25.3. The molecule has 0 radical (unpaired) electrons. The Morgan fingerprint density at radius 1 is 0.255 bits per heavy atom. The van der Waals surface area contributed by atoms with Gasteiger partial charge in [-0.05, 0) is 25.7 Å². The quantitative estimate of drug-likeness (QED) is 0.0580. The van der Waals surface area contributed by atoms with Gasteiger partial charge < -0.3 is 9.80 Å². The van der Waals surface area contributed by atoms with Gasteiger partial charge in [-0.15, -0.1) is 0 Å². The molecule has 0 aromatic heterocycles. The maximum Gasteiger partial charge on any atom is 0.101 e. The van der Waals surface area contributed by atoms with Gasteiger partial charge in [0.05, 0.1) is 0 Å². The summed E-state index contributed by atoms with van der Waals surface area (Å²) in [6.07, 6.45) is 64.9. The van der Waals surface area contributed by atoms with E-state index in [1.54, 1.807) is 0 Å². The molecule has 2 heteroatoms. The SMILES string of the molecule is CCCCCCCCCCCCCCCCCCN1C=CN(CCCCCCCCCCCCCCCC)C1CCCCCCCCCCCC. The number of hydrogen-bond acceptors (Lipinski definition) is 2. The molecule has 1 rings (SSSR count). The zero-order valence-corrected chi connectivity index (χ0v) is 36.0. The molecule has 0 fully saturated rings. The first-order valence-corrected chi connectivity index (χ1v) is 24.5. The molecule has 2 nitrogen and oxygen atoms in total. The number of unbranched alkanes of at least 4 members (excludes halogenated alkanes) is 37. The summed E-state index contributed by atoms with van der Waals surface area (Å²) in [5.41, 5.74) is 0. The third-order valence-electron chi connectivity index (χ3n) is 12.1. The predicted molar refractivity (Wildman–Crippen MR) is 233 cm³/mol. The van der Waals surface area contributed by atoms with Crippen molar-refractivity contribution in [2.24, 2.45) is 0 Å². The van der Waals surface area contributed by atoms with Crippen molar-refractivity contribution < 1.29 is 0 Å². The Morgan fingerprint density at radius 3 is 0.686 bits per heavy atom. The van der Waals surface area contributed by atoms with Gasteiger partial charge in [0.15, 0.2) is 0 Å². The van der Waals surface area contributed by atoms with Crippen molar-refractivity contribution in [3.63, 3.8) is 0 Å². The van der Waals surface area contributed by atoms with E-state index in [4.69, 9.17) is 0 Å². The van der Waals surface area contributed by atoms with Crippen molar-refractivity contribution >= 4 is 0 Å². The Hall–Kier alpha value is -0.660. The molecule has 1 aliphatic heterocycles. The van der Waals surface area contributed by atoms with Crippen LogP contribution in [-0.2, 0) is 0 Å². The minimum Gasteiger partial charge on any atom is -0.356 e. The molecule has 0 aromatic rings. The molecule has 1 unspecified atom stereocenters. The highest BCUT2D eigenvalue weighted by Gasteiger charge is 2.24. The molecular weight excluding hydrogens is 617 g/mol. The lowest BCUT2D eigenvalue weighted by molar-refractivity contribution is 0.135. The Balaban J connectivity index is 2.17. The van der Waals surface area contributed by atoms with Crippen molar-refractivity contribution in [2.45, 2.75) is 290 Å².